The Kier molecular flexibility index (Phi) is 5.47. The second-order valence-corrected chi connectivity index (χ2v) is 8.35. The van der Waals surface area contributed by atoms with Gasteiger partial charge in [0.2, 0.25) is 0 Å². The minimum absolute atomic E-state index is 0.0867. The second kappa shape index (κ2) is 7.29. The van der Waals surface area contributed by atoms with Gasteiger partial charge in [0, 0.05) is 17.6 Å². The summed E-state index contributed by atoms with van der Waals surface area (Å²) in [7, 11) is 0. The maximum absolute atomic E-state index is 13.3. The third-order valence-corrected chi connectivity index (χ3v) is 5.80. The largest absolute Gasteiger partial charge is 0.391 e. The molecule has 3 N–H and O–H groups in total. The van der Waals surface area contributed by atoms with Crippen molar-refractivity contribution in [2.75, 3.05) is 0 Å². The molecular formula is C20H29F2NO2. The van der Waals surface area contributed by atoms with E-state index in [1.54, 1.807) is 0 Å². The summed E-state index contributed by atoms with van der Waals surface area (Å²) in [5.41, 5.74) is -0.331. The van der Waals surface area contributed by atoms with Gasteiger partial charge in [-0.15, -0.1) is 0 Å². The molecule has 25 heavy (non-hydrogen) atoms. The quantitative estimate of drug-likeness (QED) is 0.777. The van der Waals surface area contributed by atoms with Crippen molar-refractivity contribution in [3.63, 3.8) is 0 Å². The molecule has 3 atom stereocenters. The van der Waals surface area contributed by atoms with Crippen molar-refractivity contribution in [1.29, 1.82) is 0 Å². The van der Waals surface area contributed by atoms with Crippen LogP contribution >= 0.6 is 0 Å². The lowest BCUT2D eigenvalue weighted by atomic mass is 9.69. The smallest absolute Gasteiger partial charge is 0.126 e. The number of aliphatic hydroxyl groups excluding tert-OH is 1. The van der Waals surface area contributed by atoms with Crippen molar-refractivity contribution in [1.82, 2.24) is 5.32 Å². The van der Waals surface area contributed by atoms with Crippen molar-refractivity contribution in [3.05, 3.63) is 35.4 Å². The Labute approximate surface area is 148 Å². The summed E-state index contributed by atoms with van der Waals surface area (Å²) in [5.74, 6) is -1.19. The highest BCUT2D eigenvalue weighted by Crippen LogP contribution is 2.41. The highest BCUT2D eigenvalue weighted by atomic mass is 19.1. The third kappa shape index (κ3) is 4.78. The molecule has 1 aromatic carbocycles. The summed E-state index contributed by atoms with van der Waals surface area (Å²) in [6.07, 6.45) is 6.95. The van der Waals surface area contributed by atoms with Gasteiger partial charge >= 0.3 is 0 Å². The van der Waals surface area contributed by atoms with Gasteiger partial charge < -0.3 is 15.5 Å². The van der Waals surface area contributed by atoms with E-state index in [-0.39, 0.29) is 11.6 Å². The fourth-order valence-corrected chi connectivity index (χ4v) is 4.82. The molecule has 140 valence electrons. The lowest BCUT2D eigenvalue weighted by Gasteiger charge is -2.51. The number of aliphatic hydroxyl groups is 2. The van der Waals surface area contributed by atoms with Crippen LogP contribution in [-0.2, 0) is 6.42 Å². The van der Waals surface area contributed by atoms with Gasteiger partial charge in [0.05, 0.1) is 11.7 Å². The van der Waals surface area contributed by atoms with Gasteiger partial charge in [-0.2, -0.15) is 0 Å². The van der Waals surface area contributed by atoms with Crippen molar-refractivity contribution < 1.29 is 19.0 Å². The standard InChI is InChI=1S/C20H29F2NO2/c1-19(25)12-17(23-20(13-19)7-3-2-4-8-20)18(24)6-5-14-9-15(21)11-16(22)10-14/h9-11,17-18,23-25H,2-8,12-13H2,1H3. The van der Waals surface area contributed by atoms with E-state index < -0.39 is 23.3 Å². The molecule has 0 radical (unpaired) electrons. The maximum atomic E-state index is 13.3. The first-order valence-electron chi connectivity index (χ1n) is 9.40. The summed E-state index contributed by atoms with van der Waals surface area (Å²) in [6.45, 7) is 1.85. The number of hydrogen-bond acceptors (Lipinski definition) is 3. The Hall–Kier alpha value is -1.04. The first kappa shape index (κ1) is 18.7. The molecule has 5 heteroatoms. The van der Waals surface area contributed by atoms with Gasteiger partial charge in [-0.05, 0) is 63.1 Å². The van der Waals surface area contributed by atoms with E-state index in [1.807, 2.05) is 6.92 Å². The normalized spacial score (nSPS) is 30.4. The molecule has 1 aliphatic carbocycles. The minimum atomic E-state index is -0.792. The van der Waals surface area contributed by atoms with Gasteiger partial charge in [0.25, 0.3) is 0 Å². The Morgan fingerprint density at radius 2 is 1.80 bits per heavy atom. The molecule has 3 nitrogen and oxygen atoms in total. The molecule has 0 bridgehead atoms. The summed E-state index contributed by atoms with van der Waals surface area (Å²) in [6, 6.07) is 3.28. The monoisotopic (exact) mass is 353 g/mol. The zero-order valence-electron chi connectivity index (χ0n) is 14.9. The van der Waals surface area contributed by atoms with Gasteiger partial charge in [-0.3, -0.25) is 0 Å². The predicted octanol–water partition coefficient (Wildman–Crippen LogP) is 3.46. The van der Waals surface area contributed by atoms with E-state index in [2.05, 4.69) is 5.32 Å². The van der Waals surface area contributed by atoms with Gasteiger partial charge in [0.1, 0.15) is 11.6 Å². The average molecular weight is 353 g/mol. The molecule has 0 amide bonds. The van der Waals surface area contributed by atoms with E-state index in [0.29, 0.717) is 24.8 Å². The van der Waals surface area contributed by atoms with Crippen LogP contribution in [0.1, 0.15) is 63.9 Å². The number of hydrogen-bond donors (Lipinski definition) is 3. The van der Waals surface area contributed by atoms with Crippen molar-refractivity contribution in [3.8, 4) is 0 Å². The average Bonchev–Trinajstić information content (AvgIpc) is 2.50. The van der Waals surface area contributed by atoms with Gasteiger partial charge in [-0.25, -0.2) is 8.78 Å². The van der Waals surface area contributed by atoms with Crippen LogP contribution in [-0.4, -0.2) is 33.5 Å². The first-order chi connectivity index (χ1) is 11.8. The van der Waals surface area contributed by atoms with Crippen LogP contribution in [0.15, 0.2) is 18.2 Å². The third-order valence-electron chi connectivity index (χ3n) is 5.80. The Morgan fingerprint density at radius 3 is 2.44 bits per heavy atom. The molecule has 1 aliphatic heterocycles. The zero-order chi connectivity index (χ0) is 18.1. The summed E-state index contributed by atoms with van der Waals surface area (Å²) in [4.78, 5) is 0. The van der Waals surface area contributed by atoms with E-state index >= 15 is 0 Å². The van der Waals surface area contributed by atoms with E-state index in [0.717, 1.165) is 38.2 Å². The van der Waals surface area contributed by atoms with Crippen molar-refractivity contribution in [2.45, 2.75) is 88.0 Å². The van der Waals surface area contributed by atoms with Crippen LogP contribution < -0.4 is 5.32 Å². The van der Waals surface area contributed by atoms with Crippen LogP contribution in [0.4, 0.5) is 8.78 Å². The Morgan fingerprint density at radius 1 is 1.16 bits per heavy atom. The first-order valence-corrected chi connectivity index (χ1v) is 9.40. The summed E-state index contributed by atoms with van der Waals surface area (Å²) >= 11 is 0. The molecule has 1 saturated heterocycles. The van der Waals surface area contributed by atoms with Crippen LogP contribution in [0.5, 0.6) is 0 Å². The van der Waals surface area contributed by atoms with Crippen molar-refractivity contribution in [2.24, 2.45) is 0 Å². The highest BCUT2D eigenvalue weighted by molar-refractivity contribution is 5.18. The number of benzene rings is 1. The lowest BCUT2D eigenvalue weighted by Crippen LogP contribution is -2.64. The van der Waals surface area contributed by atoms with Crippen LogP contribution in [0.25, 0.3) is 0 Å². The van der Waals surface area contributed by atoms with Crippen LogP contribution in [0.3, 0.4) is 0 Å². The molecule has 3 unspecified atom stereocenters. The topological polar surface area (TPSA) is 52.5 Å². The van der Waals surface area contributed by atoms with E-state index in [1.165, 1.54) is 18.6 Å². The molecular weight excluding hydrogens is 324 g/mol. The molecule has 1 saturated carbocycles. The second-order valence-electron chi connectivity index (χ2n) is 8.35. The number of halogens is 2. The SMILES string of the molecule is CC1(O)CC(C(O)CCc2cc(F)cc(F)c2)NC2(CCCCC2)C1. The highest BCUT2D eigenvalue weighted by Gasteiger charge is 2.46. The number of piperidine rings is 1. The molecule has 3 rings (SSSR count). The summed E-state index contributed by atoms with van der Waals surface area (Å²) in [5, 5.41) is 25.0. The predicted molar refractivity (Wildman–Crippen MR) is 93.3 cm³/mol. The molecule has 1 aromatic rings. The Bertz CT molecular complexity index is 579. The van der Waals surface area contributed by atoms with Gasteiger partial charge in [-0.1, -0.05) is 19.3 Å². The van der Waals surface area contributed by atoms with E-state index in [9.17, 15) is 19.0 Å². The minimum Gasteiger partial charge on any atom is -0.391 e. The number of nitrogens with one attached hydrogen (secondary N) is 1. The maximum Gasteiger partial charge on any atom is 0.126 e. The lowest BCUT2D eigenvalue weighted by molar-refractivity contribution is -0.0650. The van der Waals surface area contributed by atoms with Crippen LogP contribution in [0, 0.1) is 11.6 Å². The summed E-state index contributed by atoms with van der Waals surface area (Å²) < 4.78 is 26.6. The van der Waals surface area contributed by atoms with Crippen LogP contribution in [0.2, 0.25) is 0 Å². The van der Waals surface area contributed by atoms with Crippen molar-refractivity contribution >= 4 is 0 Å². The fourth-order valence-electron chi connectivity index (χ4n) is 4.82. The molecule has 1 spiro atoms. The number of rotatable bonds is 4. The number of aryl methyl sites for hydroxylation is 1. The molecule has 0 aromatic heterocycles. The van der Waals surface area contributed by atoms with E-state index in [4.69, 9.17) is 0 Å². The molecule has 2 aliphatic rings. The Balaban J connectivity index is 1.64. The molecule has 1 heterocycles. The van der Waals surface area contributed by atoms with Gasteiger partial charge in [0.15, 0.2) is 0 Å². The fraction of sp³-hybridized carbons (Fsp3) is 0.700. The molecule has 2 fully saturated rings. The zero-order valence-corrected chi connectivity index (χ0v) is 14.9.